The third kappa shape index (κ3) is 3.29. The van der Waals surface area contributed by atoms with Crippen molar-refractivity contribution in [3.8, 4) is 0 Å². The molecule has 3 rings (SSSR count). The van der Waals surface area contributed by atoms with E-state index in [0.29, 0.717) is 6.42 Å². The number of fused-ring (bicyclic) bond motifs is 1. The molecule has 1 atom stereocenters. The summed E-state index contributed by atoms with van der Waals surface area (Å²) in [5, 5.41) is 5.10. The number of hydrogen-bond donors (Lipinski definition) is 1. The van der Waals surface area contributed by atoms with Crippen LogP contribution in [0.3, 0.4) is 0 Å². The molecule has 0 saturated carbocycles. The maximum Gasteiger partial charge on any atom is 0.252 e. The zero-order chi connectivity index (χ0) is 14.7. The predicted octanol–water partition coefficient (Wildman–Crippen LogP) is 2.78. The molecule has 0 fully saturated rings. The van der Waals surface area contributed by atoms with Crippen LogP contribution < -0.4 is 5.32 Å². The lowest BCUT2D eigenvalue weighted by atomic mass is 9.95. The first-order chi connectivity index (χ1) is 10.2. The van der Waals surface area contributed by atoms with E-state index in [0.717, 1.165) is 24.1 Å². The number of rotatable bonds is 4. The molecule has 1 N–H and O–H groups in total. The zero-order valence-corrected chi connectivity index (χ0v) is 12.9. The smallest absolute Gasteiger partial charge is 0.252 e. The van der Waals surface area contributed by atoms with Gasteiger partial charge in [-0.3, -0.25) is 14.8 Å². The van der Waals surface area contributed by atoms with Crippen LogP contribution in [0.15, 0.2) is 24.0 Å². The van der Waals surface area contributed by atoms with Crippen LogP contribution in [-0.4, -0.2) is 21.9 Å². The Balaban J connectivity index is 1.65. The molecule has 0 aliphatic heterocycles. The second-order valence-electron chi connectivity index (χ2n) is 5.53. The Labute approximate surface area is 128 Å². The molecule has 0 radical (unpaired) electrons. The summed E-state index contributed by atoms with van der Waals surface area (Å²) in [6.45, 7) is 2.01. The summed E-state index contributed by atoms with van der Waals surface area (Å²) in [6.07, 6.45) is 10.4. The van der Waals surface area contributed by atoms with Gasteiger partial charge in [-0.2, -0.15) is 0 Å². The van der Waals surface area contributed by atoms with Crippen molar-refractivity contribution >= 4 is 17.2 Å². The Kier molecular flexibility index (Phi) is 4.29. The van der Waals surface area contributed by atoms with Crippen molar-refractivity contribution in [3.05, 3.63) is 45.7 Å². The number of thiophene rings is 1. The highest BCUT2D eigenvalue weighted by atomic mass is 32.1. The number of nitrogens with one attached hydrogen (secondary N) is 1. The summed E-state index contributed by atoms with van der Waals surface area (Å²) >= 11 is 1.73. The molecule has 2 aromatic heterocycles. The second-order valence-corrected chi connectivity index (χ2v) is 6.50. The van der Waals surface area contributed by atoms with Crippen molar-refractivity contribution in [1.82, 2.24) is 15.3 Å². The number of hydrogen-bond acceptors (Lipinski definition) is 4. The summed E-state index contributed by atoms with van der Waals surface area (Å²) in [5.74, 6) is 0.0470. The van der Waals surface area contributed by atoms with E-state index >= 15 is 0 Å². The molecule has 0 bridgehead atoms. The first-order valence-corrected chi connectivity index (χ1v) is 8.27. The molecule has 1 aliphatic rings. The fraction of sp³-hybridized carbons (Fsp3) is 0.438. The normalized spacial score (nSPS) is 15.3. The highest BCUT2D eigenvalue weighted by Gasteiger charge is 2.21. The van der Waals surface area contributed by atoms with Gasteiger partial charge in [0.1, 0.15) is 0 Å². The molecule has 21 heavy (non-hydrogen) atoms. The van der Waals surface area contributed by atoms with Crippen molar-refractivity contribution in [2.75, 3.05) is 0 Å². The Morgan fingerprint density at radius 2 is 2.24 bits per heavy atom. The summed E-state index contributed by atoms with van der Waals surface area (Å²) in [6, 6.07) is 0.0494. The first kappa shape index (κ1) is 14.2. The van der Waals surface area contributed by atoms with E-state index in [1.807, 2.05) is 12.3 Å². The Morgan fingerprint density at radius 1 is 1.38 bits per heavy atom. The average Bonchev–Trinajstić information content (AvgIpc) is 2.92. The highest BCUT2D eigenvalue weighted by molar-refractivity contribution is 7.10. The van der Waals surface area contributed by atoms with Crippen molar-refractivity contribution in [3.63, 3.8) is 0 Å². The van der Waals surface area contributed by atoms with Crippen molar-refractivity contribution < 1.29 is 4.79 Å². The minimum atomic E-state index is 0.0470. The molecule has 2 heterocycles. The molecular weight excluding hydrogens is 282 g/mol. The molecular formula is C16H19N3OS. The van der Waals surface area contributed by atoms with Gasteiger partial charge in [0.25, 0.3) is 5.91 Å². The number of nitrogens with zero attached hydrogens (tertiary/aromatic N) is 2. The van der Waals surface area contributed by atoms with Crippen LogP contribution in [0.5, 0.6) is 0 Å². The molecule has 2 aromatic rings. The molecule has 0 aromatic carbocycles. The number of carbonyl (C=O) groups is 1. The van der Waals surface area contributed by atoms with Gasteiger partial charge in [-0.1, -0.05) is 0 Å². The zero-order valence-electron chi connectivity index (χ0n) is 12.1. The Bertz CT molecular complexity index is 624. The lowest BCUT2D eigenvalue weighted by Crippen LogP contribution is -2.34. The van der Waals surface area contributed by atoms with Gasteiger partial charge in [-0.25, -0.2) is 0 Å². The summed E-state index contributed by atoms with van der Waals surface area (Å²) in [5.41, 5.74) is 3.05. The minimum absolute atomic E-state index is 0.0470. The molecule has 0 saturated heterocycles. The fourth-order valence-corrected chi connectivity index (χ4v) is 3.91. The average molecular weight is 301 g/mol. The van der Waals surface area contributed by atoms with Gasteiger partial charge in [-0.05, 0) is 38.2 Å². The highest BCUT2D eigenvalue weighted by Crippen LogP contribution is 2.30. The minimum Gasteiger partial charge on any atom is -0.349 e. The molecule has 5 heteroatoms. The summed E-state index contributed by atoms with van der Waals surface area (Å²) < 4.78 is 0. The third-order valence-electron chi connectivity index (χ3n) is 3.82. The number of carbonyl (C=O) groups excluding carboxylic acids is 1. The quantitative estimate of drug-likeness (QED) is 0.944. The van der Waals surface area contributed by atoms with Crippen LogP contribution >= 0.6 is 11.3 Å². The van der Waals surface area contributed by atoms with Crippen molar-refractivity contribution in [2.45, 2.75) is 45.1 Å². The molecule has 1 amide bonds. The lowest BCUT2D eigenvalue weighted by molar-refractivity contribution is 0.0939. The van der Waals surface area contributed by atoms with Crippen LogP contribution in [0.2, 0.25) is 0 Å². The Morgan fingerprint density at radius 3 is 3.05 bits per heavy atom. The van der Waals surface area contributed by atoms with E-state index in [9.17, 15) is 4.79 Å². The van der Waals surface area contributed by atoms with E-state index in [1.165, 1.54) is 23.3 Å². The van der Waals surface area contributed by atoms with Crippen LogP contribution in [0.25, 0.3) is 0 Å². The molecule has 1 aliphatic carbocycles. The maximum absolute atomic E-state index is 12.4. The van der Waals surface area contributed by atoms with E-state index < -0.39 is 0 Å². The van der Waals surface area contributed by atoms with Gasteiger partial charge in [0, 0.05) is 41.3 Å². The van der Waals surface area contributed by atoms with Gasteiger partial charge in [0.15, 0.2) is 0 Å². The van der Waals surface area contributed by atoms with Crippen molar-refractivity contribution in [1.29, 1.82) is 0 Å². The summed E-state index contributed by atoms with van der Waals surface area (Å²) in [4.78, 5) is 22.1. The SMILES string of the molecule is C[C@@H](Cc1cnccn1)NC(=O)c1csc2c1CCCC2. The Hall–Kier alpha value is -1.75. The van der Waals surface area contributed by atoms with Crippen molar-refractivity contribution in [2.24, 2.45) is 0 Å². The van der Waals surface area contributed by atoms with E-state index in [4.69, 9.17) is 0 Å². The standard InChI is InChI=1S/C16H19N3OS/c1-11(8-12-9-17-6-7-18-12)19-16(20)14-10-21-15-5-3-2-4-13(14)15/h6-7,9-11H,2-5,8H2,1H3,(H,19,20)/t11-/m0/s1. The molecule has 4 nitrogen and oxygen atoms in total. The predicted molar refractivity (Wildman–Crippen MR) is 83.6 cm³/mol. The lowest BCUT2D eigenvalue weighted by Gasteiger charge is -2.15. The van der Waals surface area contributed by atoms with Crippen LogP contribution in [-0.2, 0) is 19.3 Å². The number of amides is 1. The van der Waals surface area contributed by atoms with Gasteiger partial charge >= 0.3 is 0 Å². The molecule has 0 unspecified atom stereocenters. The number of aryl methyl sites for hydroxylation is 1. The first-order valence-electron chi connectivity index (χ1n) is 7.39. The van der Waals surface area contributed by atoms with E-state index in [1.54, 1.807) is 29.9 Å². The molecule has 110 valence electrons. The number of aromatic nitrogens is 2. The molecule has 0 spiro atoms. The third-order valence-corrected chi connectivity index (χ3v) is 4.90. The monoisotopic (exact) mass is 301 g/mol. The largest absolute Gasteiger partial charge is 0.349 e. The van der Waals surface area contributed by atoms with Crippen LogP contribution in [0.4, 0.5) is 0 Å². The summed E-state index contributed by atoms with van der Waals surface area (Å²) in [7, 11) is 0. The second kappa shape index (κ2) is 6.35. The van der Waals surface area contributed by atoms with Gasteiger partial charge < -0.3 is 5.32 Å². The van der Waals surface area contributed by atoms with E-state index in [-0.39, 0.29) is 11.9 Å². The fourth-order valence-electron chi connectivity index (χ4n) is 2.79. The van der Waals surface area contributed by atoms with Gasteiger partial charge in [0.05, 0.1) is 11.3 Å². The van der Waals surface area contributed by atoms with E-state index in [2.05, 4.69) is 15.3 Å². The van der Waals surface area contributed by atoms with Crippen LogP contribution in [0.1, 0.15) is 46.3 Å². The maximum atomic E-state index is 12.4. The van der Waals surface area contributed by atoms with Crippen LogP contribution in [0, 0.1) is 0 Å². The van der Waals surface area contributed by atoms with Gasteiger partial charge in [-0.15, -0.1) is 11.3 Å². The van der Waals surface area contributed by atoms with Gasteiger partial charge in [0.2, 0.25) is 0 Å². The topological polar surface area (TPSA) is 54.9 Å².